The summed E-state index contributed by atoms with van der Waals surface area (Å²) in [6, 6.07) is 11.1. The Labute approximate surface area is 116 Å². The highest BCUT2D eigenvalue weighted by atomic mass is 35.5. The zero-order valence-corrected chi connectivity index (χ0v) is 11.1. The third kappa shape index (κ3) is 3.23. The molecular formula is C14H13ClN2O2. The van der Waals surface area contributed by atoms with Crippen molar-refractivity contribution in [3.05, 3.63) is 58.4 Å². The van der Waals surface area contributed by atoms with E-state index in [2.05, 4.69) is 4.98 Å². The van der Waals surface area contributed by atoms with E-state index in [0.29, 0.717) is 18.1 Å². The molecule has 2 N–H and O–H groups in total. The van der Waals surface area contributed by atoms with Crippen molar-refractivity contribution >= 4 is 17.5 Å². The van der Waals surface area contributed by atoms with Crippen LogP contribution in [0.5, 0.6) is 5.75 Å². The molecule has 0 radical (unpaired) electrons. The first kappa shape index (κ1) is 13.4. The van der Waals surface area contributed by atoms with E-state index in [0.717, 1.165) is 5.56 Å². The minimum atomic E-state index is -0.579. The van der Waals surface area contributed by atoms with Gasteiger partial charge in [-0.25, -0.2) is 4.98 Å². The first-order valence-corrected chi connectivity index (χ1v) is 6.09. The van der Waals surface area contributed by atoms with Crippen LogP contribution in [0.1, 0.15) is 21.6 Å². The monoisotopic (exact) mass is 276 g/mol. The van der Waals surface area contributed by atoms with E-state index in [-0.39, 0.29) is 10.7 Å². The molecule has 0 aliphatic rings. The van der Waals surface area contributed by atoms with E-state index in [1.54, 1.807) is 6.92 Å². The van der Waals surface area contributed by atoms with E-state index < -0.39 is 5.91 Å². The van der Waals surface area contributed by atoms with Gasteiger partial charge in [0.05, 0.1) is 5.69 Å². The summed E-state index contributed by atoms with van der Waals surface area (Å²) in [7, 11) is 0. The molecule has 2 rings (SSSR count). The third-order valence-electron chi connectivity index (χ3n) is 2.62. The highest BCUT2D eigenvalue weighted by Gasteiger charge is 2.15. The van der Waals surface area contributed by atoms with Gasteiger partial charge in [0.15, 0.2) is 0 Å². The number of nitrogens with zero attached hydrogens (tertiary/aromatic N) is 1. The molecule has 0 spiro atoms. The number of ether oxygens (including phenoxy) is 1. The number of primary amides is 1. The number of aromatic nitrogens is 1. The van der Waals surface area contributed by atoms with Crippen molar-refractivity contribution in [2.24, 2.45) is 5.73 Å². The topological polar surface area (TPSA) is 65.2 Å². The molecule has 0 unspecified atom stereocenters. The molecule has 0 saturated heterocycles. The molecular weight excluding hydrogens is 264 g/mol. The average Bonchev–Trinajstić information content (AvgIpc) is 2.36. The number of benzene rings is 1. The van der Waals surface area contributed by atoms with Gasteiger partial charge in [-0.05, 0) is 12.5 Å². The molecule has 5 heteroatoms. The summed E-state index contributed by atoms with van der Waals surface area (Å²) in [6.07, 6.45) is 0. The number of hydrogen-bond acceptors (Lipinski definition) is 3. The number of rotatable bonds is 4. The number of hydrogen-bond donors (Lipinski definition) is 1. The lowest BCUT2D eigenvalue weighted by Crippen LogP contribution is -2.15. The van der Waals surface area contributed by atoms with Gasteiger partial charge in [-0.2, -0.15) is 0 Å². The molecule has 0 saturated carbocycles. The zero-order chi connectivity index (χ0) is 13.8. The first-order chi connectivity index (χ1) is 9.08. The van der Waals surface area contributed by atoms with E-state index in [9.17, 15) is 4.79 Å². The lowest BCUT2D eigenvalue weighted by Gasteiger charge is -2.11. The van der Waals surface area contributed by atoms with Crippen LogP contribution in [0.25, 0.3) is 0 Å². The molecule has 4 nitrogen and oxygen atoms in total. The van der Waals surface area contributed by atoms with Crippen molar-refractivity contribution in [1.82, 2.24) is 4.98 Å². The summed E-state index contributed by atoms with van der Waals surface area (Å²) in [6.45, 7) is 2.00. The first-order valence-electron chi connectivity index (χ1n) is 5.71. The number of amides is 1. The van der Waals surface area contributed by atoms with Crippen LogP contribution in [0.15, 0.2) is 36.4 Å². The maximum atomic E-state index is 11.4. The van der Waals surface area contributed by atoms with Crippen molar-refractivity contribution in [3.63, 3.8) is 0 Å². The third-order valence-corrected chi connectivity index (χ3v) is 2.81. The van der Waals surface area contributed by atoms with Crippen LogP contribution < -0.4 is 10.5 Å². The predicted octanol–water partition coefficient (Wildman–Crippen LogP) is 2.72. The second-order valence-electron chi connectivity index (χ2n) is 4.04. The Balaban J connectivity index is 2.27. The van der Waals surface area contributed by atoms with Crippen LogP contribution in [0.4, 0.5) is 0 Å². The number of nitrogens with two attached hydrogens (primary N) is 1. The van der Waals surface area contributed by atoms with Gasteiger partial charge in [0.2, 0.25) is 0 Å². The molecule has 0 aliphatic heterocycles. The summed E-state index contributed by atoms with van der Waals surface area (Å²) in [4.78, 5) is 15.4. The molecule has 2 aromatic rings. The van der Waals surface area contributed by atoms with Crippen molar-refractivity contribution in [1.29, 1.82) is 0 Å². The zero-order valence-electron chi connectivity index (χ0n) is 10.4. The van der Waals surface area contributed by atoms with E-state index in [1.807, 2.05) is 30.3 Å². The molecule has 0 atom stereocenters. The van der Waals surface area contributed by atoms with E-state index in [1.165, 1.54) is 6.07 Å². The Morgan fingerprint density at radius 2 is 2.05 bits per heavy atom. The van der Waals surface area contributed by atoms with Crippen LogP contribution in [0.2, 0.25) is 5.15 Å². The fraction of sp³-hybridized carbons (Fsp3) is 0.143. The normalized spacial score (nSPS) is 10.2. The van der Waals surface area contributed by atoms with Crippen LogP contribution >= 0.6 is 11.6 Å². The van der Waals surface area contributed by atoms with Crippen molar-refractivity contribution in [2.75, 3.05) is 0 Å². The Hall–Kier alpha value is -2.07. The van der Waals surface area contributed by atoms with Crippen LogP contribution in [0.3, 0.4) is 0 Å². The van der Waals surface area contributed by atoms with Crippen molar-refractivity contribution in [2.45, 2.75) is 13.5 Å². The van der Waals surface area contributed by atoms with Gasteiger partial charge in [-0.15, -0.1) is 0 Å². The molecule has 1 amide bonds. The second kappa shape index (κ2) is 5.71. The Morgan fingerprint density at radius 1 is 1.37 bits per heavy atom. The fourth-order valence-corrected chi connectivity index (χ4v) is 1.98. The van der Waals surface area contributed by atoms with Gasteiger partial charge >= 0.3 is 0 Å². The van der Waals surface area contributed by atoms with E-state index in [4.69, 9.17) is 22.1 Å². The standard InChI is InChI=1S/C14H13ClN2O2/c1-9-13(14(16)18)11(7-12(15)17-9)19-8-10-5-3-2-4-6-10/h2-7H,8H2,1H3,(H2,16,18). The molecule has 0 aliphatic carbocycles. The summed E-state index contributed by atoms with van der Waals surface area (Å²) < 4.78 is 5.62. The van der Waals surface area contributed by atoms with Crippen LogP contribution in [-0.4, -0.2) is 10.9 Å². The lowest BCUT2D eigenvalue weighted by atomic mass is 10.1. The fourth-order valence-electron chi connectivity index (χ4n) is 1.76. The van der Waals surface area contributed by atoms with Crippen LogP contribution in [0, 0.1) is 6.92 Å². The number of pyridine rings is 1. The molecule has 1 aromatic carbocycles. The highest BCUT2D eigenvalue weighted by molar-refractivity contribution is 6.29. The predicted molar refractivity (Wildman–Crippen MR) is 73.3 cm³/mol. The summed E-state index contributed by atoms with van der Waals surface area (Å²) in [5.41, 5.74) is 7.05. The second-order valence-corrected chi connectivity index (χ2v) is 4.43. The lowest BCUT2D eigenvalue weighted by molar-refractivity contribution is 0.0995. The molecule has 19 heavy (non-hydrogen) atoms. The smallest absolute Gasteiger partial charge is 0.254 e. The van der Waals surface area contributed by atoms with Gasteiger partial charge in [0.25, 0.3) is 5.91 Å². The number of halogens is 1. The minimum Gasteiger partial charge on any atom is -0.488 e. The Bertz CT molecular complexity index is 600. The molecule has 98 valence electrons. The van der Waals surface area contributed by atoms with Gasteiger partial charge < -0.3 is 10.5 Å². The minimum absolute atomic E-state index is 0.264. The summed E-state index contributed by atoms with van der Waals surface area (Å²) >= 11 is 5.87. The summed E-state index contributed by atoms with van der Waals surface area (Å²) in [5, 5.41) is 0.269. The maximum absolute atomic E-state index is 11.4. The van der Waals surface area contributed by atoms with Gasteiger partial charge in [0.1, 0.15) is 23.1 Å². The molecule has 1 aromatic heterocycles. The number of aryl methyl sites for hydroxylation is 1. The average molecular weight is 277 g/mol. The maximum Gasteiger partial charge on any atom is 0.254 e. The van der Waals surface area contributed by atoms with Crippen LogP contribution in [-0.2, 0) is 6.61 Å². The van der Waals surface area contributed by atoms with Gasteiger partial charge in [-0.3, -0.25) is 4.79 Å². The Kier molecular flexibility index (Phi) is 4.02. The quantitative estimate of drug-likeness (QED) is 0.873. The highest BCUT2D eigenvalue weighted by Crippen LogP contribution is 2.25. The molecule has 0 bridgehead atoms. The Morgan fingerprint density at radius 3 is 2.68 bits per heavy atom. The van der Waals surface area contributed by atoms with E-state index >= 15 is 0 Å². The molecule has 1 heterocycles. The van der Waals surface area contributed by atoms with Crippen molar-refractivity contribution in [3.8, 4) is 5.75 Å². The molecule has 0 fully saturated rings. The largest absolute Gasteiger partial charge is 0.488 e. The summed E-state index contributed by atoms with van der Waals surface area (Å²) in [5.74, 6) is -0.224. The van der Waals surface area contributed by atoms with Crippen molar-refractivity contribution < 1.29 is 9.53 Å². The number of carbonyl (C=O) groups excluding carboxylic acids is 1. The van der Waals surface area contributed by atoms with Gasteiger partial charge in [0, 0.05) is 6.07 Å². The SMILES string of the molecule is Cc1nc(Cl)cc(OCc2ccccc2)c1C(N)=O. The number of carbonyl (C=O) groups is 1. The van der Waals surface area contributed by atoms with Gasteiger partial charge in [-0.1, -0.05) is 41.9 Å².